The first-order chi connectivity index (χ1) is 15.2. The van der Waals surface area contributed by atoms with E-state index < -0.39 is 5.82 Å². The van der Waals surface area contributed by atoms with Crippen LogP contribution in [0.5, 0.6) is 5.75 Å². The summed E-state index contributed by atoms with van der Waals surface area (Å²) in [6.07, 6.45) is 0.418. The van der Waals surface area contributed by atoms with Gasteiger partial charge in [0.1, 0.15) is 17.7 Å². The number of hydrogen-bond acceptors (Lipinski definition) is 6. The number of amides is 1. The number of carbonyl (C=O) groups is 1. The van der Waals surface area contributed by atoms with Crippen molar-refractivity contribution in [3.05, 3.63) is 53.1 Å². The maximum Gasteiger partial charge on any atom is 0.219 e. The van der Waals surface area contributed by atoms with Gasteiger partial charge in [0, 0.05) is 37.0 Å². The minimum atomic E-state index is -0.484. The van der Waals surface area contributed by atoms with Gasteiger partial charge in [-0.1, -0.05) is 6.07 Å². The number of hydrogen-bond donors (Lipinski definition) is 2. The number of rotatable bonds is 5. The molecule has 2 aromatic carbocycles. The third-order valence-electron chi connectivity index (χ3n) is 5.72. The van der Waals surface area contributed by atoms with Gasteiger partial charge >= 0.3 is 0 Å². The van der Waals surface area contributed by atoms with Crippen LogP contribution in [0.3, 0.4) is 0 Å². The molecule has 7 nitrogen and oxygen atoms in total. The Morgan fingerprint density at radius 1 is 1.25 bits per heavy atom. The molecule has 3 aromatic rings. The molecule has 2 atom stereocenters. The van der Waals surface area contributed by atoms with Gasteiger partial charge in [-0.25, -0.2) is 14.4 Å². The van der Waals surface area contributed by atoms with Crippen LogP contribution in [-0.4, -0.2) is 40.0 Å². The molecule has 3 N–H and O–H groups in total. The molecule has 2 heterocycles. The van der Waals surface area contributed by atoms with Crippen molar-refractivity contribution in [2.75, 3.05) is 24.1 Å². The summed E-state index contributed by atoms with van der Waals surface area (Å²) in [5, 5.41) is 4.09. The minimum absolute atomic E-state index is 0.00350. The second-order valence-electron chi connectivity index (χ2n) is 8.46. The normalized spacial score (nSPS) is 16.9. The van der Waals surface area contributed by atoms with E-state index in [1.807, 2.05) is 26.0 Å². The van der Waals surface area contributed by atoms with Gasteiger partial charge in [-0.05, 0) is 50.1 Å². The largest absolute Gasteiger partial charge is 0.485 e. The smallest absolute Gasteiger partial charge is 0.219 e. The Bertz CT molecular complexity index is 1160. The average molecular weight is 438 g/mol. The molecule has 0 aliphatic carbocycles. The van der Waals surface area contributed by atoms with E-state index in [0.29, 0.717) is 47.7 Å². The number of carbonyl (C=O) groups excluding carboxylic acids is 1. The number of likely N-dealkylation sites (tertiary alicyclic amines) is 1. The number of anilines is 2. The summed E-state index contributed by atoms with van der Waals surface area (Å²) in [7, 11) is 0. The highest BCUT2D eigenvalue weighted by molar-refractivity contribution is 5.90. The van der Waals surface area contributed by atoms with Crippen LogP contribution in [0.25, 0.3) is 10.9 Å². The lowest BCUT2D eigenvalue weighted by Crippen LogP contribution is -2.28. The Morgan fingerprint density at radius 2 is 2.03 bits per heavy atom. The van der Waals surface area contributed by atoms with Crippen molar-refractivity contribution in [3.63, 3.8) is 0 Å². The number of aryl methyl sites for hydroxylation is 2. The summed E-state index contributed by atoms with van der Waals surface area (Å²) in [6, 6.07) is 8.85. The zero-order valence-corrected chi connectivity index (χ0v) is 18.8. The second kappa shape index (κ2) is 8.61. The van der Waals surface area contributed by atoms with Gasteiger partial charge in [0.15, 0.2) is 11.6 Å². The number of benzene rings is 2. The van der Waals surface area contributed by atoms with Gasteiger partial charge in [0.05, 0.1) is 18.1 Å². The fourth-order valence-corrected chi connectivity index (χ4v) is 4.12. The predicted molar refractivity (Wildman–Crippen MR) is 123 cm³/mol. The van der Waals surface area contributed by atoms with E-state index in [-0.39, 0.29) is 23.8 Å². The summed E-state index contributed by atoms with van der Waals surface area (Å²) < 4.78 is 20.7. The van der Waals surface area contributed by atoms with Crippen LogP contribution in [0.4, 0.5) is 15.9 Å². The van der Waals surface area contributed by atoms with Crippen LogP contribution in [0.2, 0.25) is 0 Å². The van der Waals surface area contributed by atoms with Crippen LogP contribution in [0, 0.1) is 19.7 Å². The molecule has 1 amide bonds. The van der Waals surface area contributed by atoms with E-state index in [0.717, 1.165) is 11.1 Å². The molecular weight excluding hydrogens is 409 g/mol. The molecule has 1 saturated heterocycles. The number of nitrogens with zero attached hydrogens (tertiary/aromatic N) is 3. The highest BCUT2D eigenvalue weighted by Crippen LogP contribution is 2.32. The van der Waals surface area contributed by atoms with Crippen molar-refractivity contribution < 1.29 is 13.9 Å². The second-order valence-corrected chi connectivity index (χ2v) is 8.46. The molecule has 0 saturated carbocycles. The number of halogens is 1. The number of fused-ring (bicyclic) bond motifs is 1. The zero-order valence-electron chi connectivity index (χ0n) is 18.8. The van der Waals surface area contributed by atoms with Crippen molar-refractivity contribution in [3.8, 4) is 5.75 Å². The summed E-state index contributed by atoms with van der Waals surface area (Å²) in [5.74, 6) is 0.785. The lowest BCUT2D eigenvalue weighted by Gasteiger charge is -2.19. The average Bonchev–Trinajstić information content (AvgIpc) is 3.17. The molecule has 0 spiro atoms. The Morgan fingerprint density at radius 3 is 2.72 bits per heavy atom. The minimum Gasteiger partial charge on any atom is -0.485 e. The van der Waals surface area contributed by atoms with Crippen LogP contribution in [-0.2, 0) is 4.79 Å². The van der Waals surface area contributed by atoms with Crippen LogP contribution >= 0.6 is 0 Å². The standard InChI is InChI=1S/C24H28FN5O2/c1-13-7-17(9-18(26)8-13)14(2)27-24-20-10-23(21(25)11-22(20)28-15(3)29-24)32-19-5-6-30(12-19)16(4)31/h7-11,14,19H,5-6,12,26H2,1-4H3,(H,27,28,29)/t14-,19+/m1/s1. The molecule has 1 fully saturated rings. The Labute approximate surface area is 186 Å². The molecule has 1 aromatic heterocycles. The molecule has 1 aliphatic heterocycles. The molecule has 1 aliphatic rings. The number of nitrogen functional groups attached to an aromatic ring is 1. The SMILES string of the molecule is CC(=O)N1CC[C@H](Oc2cc3c(N[C@H](C)c4cc(C)cc(N)c4)nc(C)nc3cc2F)C1. The van der Waals surface area contributed by atoms with E-state index >= 15 is 0 Å². The van der Waals surface area contributed by atoms with Gasteiger partial charge in [0.25, 0.3) is 0 Å². The molecule has 32 heavy (non-hydrogen) atoms. The number of ether oxygens (including phenoxy) is 1. The first-order valence-electron chi connectivity index (χ1n) is 10.7. The van der Waals surface area contributed by atoms with Crippen LogP contribution in [0.15, 0.2) is 30.3 Å². The van der Waals surface area contributed by atoms with E-state index in [1.165, 1.54) is 13.0 Å². The van der Waals surface area contributed by atoms with Crippen molar-refractivity contribution in [1.82, 2.24) is 14.9 Å². The van der Waals surface area contributed by atoms with E-state index in [9.17, 15) is 9.18 Å². The van der Waals surface area contributed by atoms with Gasteiger partial charge in [-0.3, -0.25) is 4.79 Å². The van der Waals surface area contributed by atoms with Crippen molar-refractivity contribution >= 4 is 28.3 Å². The van der Waals surface area contributed by atoms with Crippen molar-refractivity contribution in [2.45, 2.75) is 46.3 Å². The summed E-state index contributed by atoms with van der Waals surface area (Å²) in [4.78, 5) is 22.3. The predicted octanol–water partition coefficient (Wildman–Crippen LogP) is 4.14. The van der Waals surface area contributed by atoms with Gasteiger partial charge < -0.3 is 20.7 Å². The summed E-state index contributed by atoms with van der Waals surface area (Å²) >= 11 is 0. The summed E-state index contributed by atoms with van der Waals surface area (Å²) in [5.41, 5.74) is 9.31. The lowest BCUT2D eigenvalue weighted by molar-refractivity contribution is -0.128. The Kier molecular flexibility index (Phi) is 5.86. The maximum atomic E-state index is 14.8. The van der Waals surface area contributed by atoms with E-state index in [2.05, 4.69) is 21.4 Å². The molecule has 0 unspecified atom stereocenters. The van der Waals surface area contributed by atoms with Gasteiger partial charge in [-0.15, -0.1) is 0 Å². The lowest BCUT2D eigenvalue weighted by atomic mass is 10.0. The molecule has 0 bridgehead atoms. The number of nitrogens with two attached hydrogens (primary N) is 1. The van der Waals surface area contributed by atoms with Crippen LogP contribution in [0.1, 0.15) is 43.3 Å². The van der Waals surface area contributed by atoms with Gasteiger partial charge in [-0.2, -0.15) is 0 Å². The molecule has 4 rings (SSSR count). The molecular formula is C24H28FN5O2. The van der Waals surface area contributed by atoms with E-state index in [1.54, 1.807) is 17.9 Å². The van der Waals surface area contributed by atoms with Crippen molar-refractivity contribution in [1.29, 1.82) is 0 Å². The zero-order chi connectivity index (χ0) is 23.0. The fraction of sp³-hybridized carbons (Fsp3) is 0.375. The van der Waals surface area contributed by atoms with E-state index in [4.69, 9.17) is 10.5 Å². The maximum absolute atomic E-state index is 14.8. The highest BCUT2D eigenvalue weighted by atomic mass is 19.1. The quantitative estimate of drug-likeness (QED) is 0.583. The monoisotopic (exact) mass is 437 g/mol. The first-order valence-corrected chi connectivity index (χ1v) is 10.7. The molecule has 168 valence electrons. The Balaban J connectivity index is 1.65. The topological polar surface area (TPSA) is 93.4 Å². The molecule has 8 heteroatoms. The third kappa shape index (κ3) is 4.59. The fourth-order valence-electron chi connectivity index (χ4n) is 4.12. The highest BCUT2D eigenvalue weighted by Gasteiger charge is 2.27. The Hall–Kier alpha value is -3.42. The van der Waals surface area contributed by atoms with Crippen molar-refractivity contribution in [2.24, 2.45) is 0 Å². The number of aromatic nitrogens is 2. The summed E-state index contributed by atoms with van der Waals surface area (Å²) in [6.45, 7) is 8.39. The third-order valence-corrected chi connectivity index (χ3v) is 5.72. The molecule has 0 radical (unpaired) electrons. The number of nitrogens with one attached hydrogen (secondary N) is 1. The van der Waals surface area contributed by atoms with Gasteiger partial charge in [0.2, 0.25) is 5.91 Å². The first kappa shape index (κ1) is 21.8. The van der Waals surface area contributed by atoms with Crippen LogP contribution < -0.4 is 15.8 Å².